The Morgan fingerprint density at radius 2 is 0.925 bits per heavy atom. The number of nitrogens with zero attached hydrogens (tertiary/aromatic N) is 1. The van der Waals surface area contributed by atoms with Crippen molar-refractivity contribution in [3.05, 3.63) is 121 Å². The quantitative estimate of drug-likeness (QED) is 0.0847. The molecule has 1 aromatic heterocycles. The number of fused-ring (bicyclic) bond motifs is 7. The number of hydrogen-bond acceptors (Lipinski definition) is 1. The molecule has 0 saturated heterocycles. The molecule has 40 heavy (non-hydrogen) atoms. The first kappa shape index (κ1) is 24.2. The van der Waals surface area contributed by atoms with Crippen molar-refractivity contribution in [1.29, 1.82) is 0 Å². The van der Waals surface area contributed by atoms with Crippen molar-refractivity contribution < 1.29 is 0 Å². The van der Waals surface area contributed by atoms with Gasteiger partial charge in [0.05, 0.1) is 5.52 Å². The summed E-state index contributed by atoms with van der Waals surface area (Å²) in [4.78, 5) is 4.62. The molecule has 7 aromatic carbocycles. The largest absolute Gasteiger partial charge is 0.372 e. The molecule has 190 valence electrons. The van der Waals surface area contributed by atoms with E-state index in [9.17, 15) is 0 Å². The summed E-state index contributed by atoms with van der Waals surface area (Å²) in [6.07, 6.45) is 1.86. The summed E-state index contributed by atoms with van der Waals surface area (Å²) < 4.78 is 0. The molecule has 0 aliphatic heterocycles. The van der Waals surface area contributed by atoms with Gasteiger partial charge in [0, 0.05) is 17.0 Å². The Morgan fingerprint density at radius 3 is 1.60 bits per heavy atom. The topological polar surface area (TPSA) is 12.9 Å². The van der Waals surface area contributed by atoms with Crippen LogP contribution in [0.15, 0.2) is 121 Å². The van der Waals surface area contributed by atoms with Crippen molar-refractivity contribution in [2.24, 2.45) is 0 Å². The maximum Gasteiger partial charge on any atom is 0.372 e. The first-order valence-electron chi connectivity index (χ1n) is 13.1. The van der Waals surface area contributed by atoms with Crippen molar-refractivity contribution in [3.63, 3.8) is 0 Å². The van der Waals surface area contributed by atoms with Gasteiger partial charge in [-0.1, -0.05) is 60.7 Å². The van der Waals surface area contributed by atoms with E-state index in [4.69, 9.17) is 33.2 Å². The average molecular weight is 589 g/mol. The smallest absolute Gasteiger partial charge is 0.256 e. The Morgan fingerprint density at radius 1 is 0.425 bits per heavy atom. The Bertz CT molecular complexity index is 2320. The molecule has 0 spiro atoms. The van der Waals surface area contributed by atoms with Crippen molar-refractivity contribution in [2.45, 2.75) is 0 Å². The third-order valence-electron chi connectivity index (χ3n) is 7.95. The van der Waals surface area contributed by atoms with E-state index in [0.717, 1.165) is 26.9 Å². The van der Waals surface area contributed by atoms with Gasteiger partial charge in [-0.25, -0.2) is 0 Å². The van der Waals surface area contributed by atoms with Crippen LogP contribution in [0.3, 0.4) is 0 Å². The third kappa shape index (κ3) is 4.03. The van der Waals surface area contributed by atoms with E-state index in [1.54, 1.807) is 0 Å². The van der Waals surface area contributed by atoms with Gasteiger partial charge in [0.15, 0.2) is 0 Å². The van der Waals surface area contributed by atoms with Crippen molar-refractivity contribution >= 4 is 109 Å². The molecule has 0 atom stereocenters. The molecule has 1 heterocycles. The fourth-order valence-electron chi connectivity index (χ4n) is 5.91. The summed E-state index contributed by atoms with van der Waals surface area (Å²) in [6.45, 7) is 0. The van der Waals surface area contributed by atoms with Crippen LogP contribution in [0.4, 0.5) is 0 Å². The highest BCUT2D eigenvalue weighted by Gasteiger charge is 2.28. The molecule has 1 nitrogen and oxygen atoms in total. The van der Waals surface area contributed by atoms with Crippen molar-refractivity contribution in [3.8, 4) is 11.1 Å². The molecule has 5 heteroatoms. The van der Waals surface area contributed by atoms with Crippen LogP contribution in [-0.4, -0.2) is 11.0 Å². The van der Waals surface area contributed by atoms with E-state index in [1.165, 1.54) is 54.2 Å². The minimum Gasteiger partial charge on any atom is -0.256 e. The first-order valence-corrected chi connectivity index (χ1v) is 18.1. The van der Waals surface area contributed by atoms with Crippen LogP contribution in [0.5, 0.6) is 0 Å². The predicted molar refractivity (Wildman–Crippen MR) is 178 cm³/mol. The minimum atomic E-state index is -2.94. The lowest BCUT2D eigenvalue weighted by Gasteiger charge is -2.11. The van der Waals surface area contributed by atoms with Crippen molar-refractivity contribution in [1.82, 2.24) is 4.98 Å². The molecular formula is C35H20Cl3NSi. The Hall–Kier alpha value is -3.66. The summed E-state index contributed by atoms with van der Waals surface area (Å²) >= 11 is 18.9. The highest BCUT2D eigenvalue weighted by atomic mass is 35.8. The minimum absolute atomic E-state index is 0.807. The highest BCUT2D eigenvalue weighted by Crippen LogP contribution is 2.34. The maximum atomic E-state index is 6.29. The molecule has 0 bridgehead atoms. The molecule has 0 N–H and O–H groups in total. The highest BCUT2D eigenvalue weighted by molar-refractivity contribution is 7.69. The predicted octanol–water partition coefficient (Wildman–Crippen LogP) is 10.5. The summed E-state index contributed by atoms with van der Waals surface area (Å²) in [5.41, 5.74) is 3.44. The zero-order valence-electron chi connectivity index (χ0n) is 21.1. The van der Waals surface area contributed by atoms with Crippen LogP contribution < -0.4 is 5.19 Å². The van der Waals surface area contributed by atoms with Crippen LogP contribution >= 0.6 is 33.2 Å². The van der Waals surface area contributed by atoms with E-state index in [2.05, 4.69) is 102 Å². The Labute approximate surface area is 245 Å². The normalized spacial score (nSPS) is 12.4. The summed E-state index contributed by atoms with van der Waals surface area (Å²) in [7, 11) is 0. The lowest BCUT2D eigenvalue weighted by atomic mass is 9.95. The zero-order chi connectivity index (χ0) is 27.0. The van der Waals surface area contributed by atoms with Crippen LogP contribution in [0.25, 0.3) is 75.9 Å². The van der Waals surface area contributed by atoms with Crippen LogP contribution in [0, 0.1) is 0 Å². The number of aromatic nitrogens is 1. The van der Waals surface area contributed by atoms with Gasteiger partial charge in [-0.15, -0.1) is 33.2 Å². The van der Waals surface area contributed by atoms with Gasteiger partial charge in [-0.05, 0) is 119 Å². The lowest BCUT2D eigenvalue weighted by molar-refractivity contribution is 1.43. The van der Waals surface area contributed by atoms with Crippen LogP contribution in [-0.2, 0) is 0 Å². The molecule has 8 aromatic rings. The van der Waals surface area contributed by atoms with Crippen LogP contribution in [0.1, 0.15) is 0 Å². The van der Waals surface area contributed by atoms with E-state index < -0.39 is 6.00 Å². The average Bonchev–Trinajstić information content (AvgIpc) is 2.96. The summed E-state index contributed by atoms with van der Waals surface area (Å²) in [6, 6.07) is 38.4. The summed E-state index contributed by atoms with van der Waals surface area (Å²) in [5, 5.41) is 13.8. The second kappa shape index (κ2) is 8.92. The third-order valence-corrected chi connectivity index (χ3v) is 10.9. The van der Waals surface area contributed by atoms with Crippen molar-refractivity contribution in [2.75, 3.05) is 0 Å². The molecule has 0 fully saturated rings. The lowest BCUT2D eigenvalue weighted by Crippen LogP contribution is -2.29. The second-order valence-corrected chi connectivity index (χ2v) is 18.9. The zero-order valence-corrected chi connectivity index (χ0v) is 24.4. The fourth-order valence-corrected chi connectivity index (χ4v) is 7.56. The molecule has 0 aliphatic rings. The molecule has 0 amide bonds. The number of rotatable bonds is 2. The SMILES string of the molecule is Cl[Si](Cl)(Cl)c1ccc2cc3cc4cc5ccc(-c6ccc7c(ccc8cccnc87)c6)cc5cc4cc3cc2c1. The molecule has 0 aliphatic carbocycles. The number of pyridine rings is 1. The fraction of sp³-hybridized carbons (Fsp3) is 0. The van der Waals surface area contributed by atoms with Crippen LogP contribution in [0.2, 0.25) is 0 Å². The number of benzene rings is 7. The molecule has 0 unspecified atom stereocenters. The van der Waals surface area contributed by atoms with Gasteiger partial charge in [0.2, 0.25) is 0 Å². The standard InChI is InChI=1S/C35H20Cl3NSi/c36-40(37,38)33-9-7-25-15-29-17-28-14-24-5-4-22(13-27(24)16-30(28)18-31(29)19-32(25)20-33)23-8-10-34-26(12-23)6-3-21-2-1-11-39-35(21)34/h1-20H. The number of hydrogen-bond donors (Lipinski definition) is 0. The van der Waals surface area contributed by atoms with E-state index in [1.807, 2.05) is 24.4 Å². The van der Waals surface area contributed by atoms with Gasteiger partial charge >= 0.3 is 6.00 Å². The van der Waals surface area contributed by atoms with Gasteiger partial charge in [-0.3, -0.25) is 4.98 Å². The Kier molecular flexibility index (Phi) is 5.39. The maximum absolute atomic E-state index is 6.29. The first-order chi connectivity index (χ1) is 19.4. The van der Waals surface area contributed by atoms with Gasteiger partial charge in [0.25, 0.3) is 0 Å². The molecule has 0 saturated carbocycles. The summed E-state index contributed by atoms with van der Waals surface area (Å²) in [5.74, 6) is 0. The number of halogens is 3. The van der Waals surface area contributed by atoms with E-state index >= 15 is 0 Å². The Balaban J connectivity index is 1.25. The molecule has 8 rings (SSSR count). The van der Waals surface area contributed by atoms with Gasteiger partial charge < -0.3 is 0 Å². The second-order valence-electron chi connectivity index (χ2n) is 10.4. The molecule has 0 radical (unpaired) electrons. The monoisotopic (exact) mass is 587 g/mol. The van der Waals surface area contributed by atoms with E-state index in [0.29, 0.717) is 0 Å². The van der Waals surface area contributed by atoms with Gasteiger partial charge in [-0.2, -0.15) is 0 Å². The van der Waals surface area contributed by atoms with E-state index in [-0.39, 0.29) is 0 Å². The molecular weight excluding hydrogens is 569 g/mol. The van der Waals surface area contributed by atoms with Gasteiger partial charge in [0.1, 0.15) is 0 Å².